The van der Waals surface area contributed by atoms with Crippen LogP contribution in [0.3, 0.4) is 0 Å². The van der Waals surface area contributed by atoms with Crippen LogP contribution in [-0.4, -0.2) is 42.5 Å². The van der Waals surface area contributed by atoms with Crippen molar-refractivity contribution in [2.75, 3.05) is 20.8 Å². The third kappa shape index (κ3) is 5.17. The zero-order valence-corrected chi connectivity index (χ0v) is 16.7. The topological polar surface area (TPSA) is 68.7 Å². The molecule has 2 aromatic carbocycles. The summed E-state index contributed by atoms with van der Waals surface area (Å²) in [7, 11) is 2.93. The molecule has 1 heterocycles. The van der Waals surface area contributed by atoms with Gasteiger partial charge in [-0.2, -0.15) is 0 Å². The number of amides is 1. The first kappa shape index (κ1) is 20.5. The van der Waals surface area contributed by atoms with E-state index in [-0.39, 0.29) is 18.0 Å². The average Bonchev–Trinajstić information content (AvgIpc) is 3.23. The van der Waals surface area contributed by atoms with Gasteiger partial charge in [0.2, 0.25) is 0 Å². The molecule has 0 unspecified atom stereocenters. The number of rotatable bonds is 7. The van der Waals surface area contributed by atoms with E-state index in [9.17, 15) is 14.0 Å². The molecule has 0 fully saturated rings. The number of benzene rings is 2. The molecule has 3 aromatic rings. The van der Waals surface area contributed by atoms with Crippen LogP contribution in [0, 0.1) is 5.82 Å². The Morgan fingerprint density at radius 2 is 1.93 bits per heavy atom. The van der Waals surface area contributed by atoms with Crippen LogP contribution in [0.1, 0.15) is 16.1 Å². The van der Waals surface area contributed by atoms with Gasteiger partial charge in [-0.25, -0.2) is 14.2 Å². The molecule has 0 N–H and O–H groups in total. The number of ether oxygens (including phenoxy) is 2. The lowest BCUT2D eigenvalue weighted by atomic mass is 10.2. The number of aromatic nitrogens is 1. The Morgan fingerprint density at radius 3 is 2.62 bits per heavy atom. The number of methoxy groups -OCH3 is 1. The van der Waals surface area contributed by atoms with Crippen LogP contribution in [0.5, 0.6) is 5.75 Å². The van der Waals surface area contributed by atoms with Gasteiger partial charge in [-0.1, -0.05) is 36.4 Å². The van der Waals surface area contributed by atoms with E-state index in [0.29, 0.717) is 10.6 Å². The Hall–Kier alpha value is -3.26. The summed E-state index contributed by atoms with van der Waals surface area (Å²) in [6, 6.07) is 13.9. The highest BCUT2D eigenvalue weighted by Gasteiger charge is 2.17. The molecule has 0 saturated heterocycles. The van der Waals surface area contributed by atoms with Gasteiger partial charge >= 0.3 is 5.97 Å². The maximum absolute atomic E-state index is 13.8. The van der Waals surface area contributed by atoms with E-state index in [4.69, 9.17) is 9.47 Å². The van der Waals surface area contributed by atoms with Crippen molar-refractivity contribution >= 4 is 23.2 Å². The van der Waals surface area contributed by atoms with Gasteiger partial charge < -0.3 is 14.4 Å². The van der Waals surface area contributed by atoms with E-state index in [1.165, 1.54) is 35.5 Å². The second-order valence-electron chi connectivity index (χ2n) is 6.20. The van der Waals surface area contributed by atoms with Crippen molar-refractivity contribution in [2.45, 2.75) is 6.54 Å². The number of hydrogen-bond donors (Lipinski definition) is 0. The van der Waals surface area contributed by atoms with Crippen LogP contribution in [0.2, 0.25) is 0 Å². The van der Waals surface area contributed by atoms with E-state index >= 15 is 0 Å². The Kier molecular flexibility index (Phi) is 6.56. The lowest BCUT2D eigenvalue weighted by Crippen LogP contribution is -2.30. The highest BCUT2D eigenvalue weighted by atomic mass is 32.1. The molecular weight excluding hydrogens is 395 g/mol. The SMILES string of the molecule is COc1ccc(CN(C)C(=O)COC(=O)c2csc(-c3ccccc3)n2)cc1F. The van der Waals surface area contributed by atoms with Gasteiger partial charge in [0.15, 0.2) is 23.9 Å². The number of hydrogen-bond acceptors (Lipinski definition) is 6. The predicted molar refractivity (Wildman–Crippen MR) is 107 cm³/mol. The normalized spacial score (nSPS) is 10.4. The number of nitrogens with zero attached hydrogens (tertiary/aromatic N) is 2. The van der Waals surface area contributed by atoms with Crippen LogP contribution in [0.15, 0.2) is 53.9 Å². The van der Waals surface area contributed by atoms with E-state index in [2.05, 4.69) is 4.98 Å². The van der Waals surface area contributed by atoms with E-state index in [0.717, 1.165) is 5.56 Å². The molecule has 1 aromatic heterocycles. The molecule has 1 amide bonds. The molecule has 0 aliphatic carbocycles. The average molecular weight is 414 g/mol. The summed E-state index contributed by atoms with van der Waals surface area (Å²) in [5.74, 6) is -1.45. The minimum Gasteiger partial charge on any atom is -0.494 e. The lowest BCUT2D eigenvalue weighted by molar-refractivity contribution is -0.133. The standard InChI is InChI=1S/C21H19FN2O4S/c1-24(11-14-8-9-18(27-2)16(22)10-14)19(25)12-28-21(26)17-13-29-20(23-17)15-6-4-3-5-7-15/h3-10,13H,11-12H2,1-2H3. The highest BCUT2D eigenvalue weighted by molar-refractivity contribution is 7.13. The fourth-order valence-electron chi connectivity index (χ4n) is 2.56. The first-order chi connectivity index (χ1) is 14.0. The molecule has 3 rings (SSSR count). The minimum atomic E-state index is -0.666. The monoisotopic (exact) mass is 414 g/mol. The van der Waals surface area contributed by atoms with E-state index in [1.807, 2.05) is 30.3 Å². The maximum Gasteiger partial charge on any atom is 0.358 e. The summed E-state index contributed by atoms with van der Waals surface area (Å²) in [4.78, 5) is 30.0. The largest absolute Gasteiger partial charge is 0.494 e. The summed E-state index contributed by atoms with van der Waals surface area (Å²) in [6.45, 7) is -0.252. The van der Waals surface area contributed by atoms with E-state index in [1.54, 1.807) is 18.5 Å². The van der Waals surface area contributed by atoms with Gasteiger partial charge in [0.25, 0.3) is 5.91 Å². The summed E-state index contributed by atoms with van der Waals surface area (Å²) >= 11 is 1.32. The third-order valence-corrected chi connectivity index (χ3v) is 5.01. The quantitative estimate of drug-likeness (QED) is 0.551. The number of carbonyl (C=O) groups excluding carboxylic acids is 2. The second kappa shape index (κ2) is 9.29. The van der Waals surface area contributed by atoms with Gasteiger partial charge in [0, 0.05) is 24.5 Å². The first-order valence-corrected chi connectivity index (χ1v) is 9.60. The smallest absolute Gasteiger partial charge is 0.358 e. The molecule has 0 saturated carbocycles. The van der Waals surface area contributed by atoms with Crippen molar-refractivity contribution in [1.29, 1.82) is 0 Å². The predicted octanol–water partition coefficient (Wildman–Crippen LogP) is 3.77. The highest BCUT2D eigenvalue weighted by Crippen LogP contribution is 2.23. The fourth-order valence-corrected chi connectivity index (χ4v) is 3.36. The van der Waals surface area contributed by atoms with Crippen molar-refractivity contribution in [3.05, 3.63) is 71.0 Å². The molecule has 6 nitrogen and oxygen atoms in total. The van der Waals surface area contributed by atoms with Gasteiger partial charge in [-0.05, 0) is 17.7 Å². The van der Waals surface area contributed by atoms with Gasteiger partial charge in [0.05, 0.1) is 7.11 Å². The Balaban J connectivity index is 1.54. The van der Waals surface area contributed by atoms with Crippen LogP contribution in [0.4, 0.5) is 4.39 Å². The number of esters is 1. The van der Waals surface area contributed by atoms with Crippen LogP contribution >= 0.6 is 11.3 Å². The molecule has 0 atom stereocenters. The number of halogens is 1. The molecular formula is C21H19FN2O4S. The number of likely N-dealkylation sites (N-methyl/N-ethyl adjacent to an activating group) is 1. The molecule has 150 valence electrons. The zero-order valence-electron chi connectivity index (χ0n) is 15.9. The van der Waals surface area contributed by atoms with E-state index < -0.39 is 24.3 Å². The Labute approximate surface area is 171 Å². The number of carbonyl (C=O) groups is 2. The van der Waals surface area contributed by atoms with Crippen LogP contribution in [0.25, 0.3) is 10.6 Å². The van der Waals surface area contributed by atoms with Gasteiger partial charge in [0.1, 0.15) is 5.01 Å². The second-order valence-corrected chi connectivity index (χ2v) is 7.06. The zero-order chi connectivity index (χ0) is 20.8. The van der Waals surface area contributed by atoms with Crippen LogP contribution in [-0.2, 0) is 16.1 Å². The fraction of sp³-hybridized carbons (Fsp3) is 0.190. The summed E-state index contributed by atoms with van der Waals surface area (Å²) in [5.41, 5.74) is 1.65. The summed E-state index contributed by atoms with van der Waals surface area (Å²) in [5, 5.41) is 2.29. The minimum absolute atomic E-state index is 0.134. The number of thiazole rings is 1. The lowest BCUT2D eigenvalue weighted by Gasteiger charge is -2.17. The van der Waals surface area contributed by atoms with Crippen molar-refractivity contribution in [3.63, 3.8) is 0 Å². The molecule has 29 heavy (non-hydrogen) atoms. The maximum atomic E-state index is 13.8. The van der Waals surface area contributed by atoms with Gasteiger partial charge in [-0.3, -0.25) is 4.79 Å². The first-order valence-electron chi connectivity index (χ1n) is 8.72. The molecule has 0 aliphatic rings. The Bertz CT molecular complexity index is 1010. The van der Waals surface area contributed by atoms with Gasteiger partial charge in [-0.15, -0.1) is 11.3 Å². The van der Waals surface area contributed by atoms with Crippen molar-refractivity contribution in [3.8, 4) is 16.3 Å². The van der Waals surface area contributed by atoms with Crippen molar-refractivity contribution < 1.29 is 23.5 Å². The third-order valence-electron chi connectivity index (χ3n) is 4.12. The van der Waals surface area contributed by atoms with Crippen LogP contribution < -0.4 is 4.74 Å². The van der Waals surface area contributed by atoms with Crippen molar-refractivity contribution in [1.82, 2.24) is 9.88 Å². The molecule has 0 spiro atoms. The summed E-state index contributed by atoms with van der Waals surface area (Å²) in [6.07, 6.45) is 0. The molecule has 0 aliphatic heterocycles. The molecule has 8 heteroatoms. The Morgan fingerprint density at radius 1 is 1.17 bits per heavy atom. The molecule has 0 radical (unpaired) electrons. The van der Waals surface area contributed by atoms with Crippen molar-refractivity contribution in [2.24, 2.45) is 0 Å². The summed E-state index contributed by atoms with van der Waals surface area (Å²) < 4.78 is 23.7. The molecule has 0 bridgehead atoms.